The second-order valence-corrected chi connectivity index (χ2v) is 6.36. The topological polar surface area (TPSA) is 94.3 Å². The van der Waals surface area contributed by atoms with Crippen molar-refractivity contribution < 1.29 is 14.3 Å². The maximum absolute atomic E-state index is 12.1. The Balaban J connectivity index is 2.00. The number of nitrogen functional groups attached to an aromatic ring is 1. The van der Waals surface area contributed by atoms with Gasteiger partial charge in [-0.2, -0.15) is 0 Å². The Morgan fingerprint density at radius 3 is 2.54 bits per heavy atom. The Labute approximate surface area is 141 Å². The predicted molar refractivity (Wildman–Crippen MR) is 92.7 cm³/mol. The number of anilines is 2. The van der Waals surface area contributed by atoms with Crippen LogP contribution < -0.4 is 11.1 Å². The van der Waals surface area contributed by atoms with Crippen molar-refractivity contribution in [2.45, 2.75) is 26.2 Å². The van der Waals surface area contributed by atoms with Crippen molar-refractivity contribution in [3.05, 3.63) is 53.7 Å². The van der Waals surface area contributed by atoms with E-state index in [1.807, 2.05) is 24.3 Å². The van der Waals surface area contributed by atoms with Crippen LogP contribution in [0, 0.1) is 0 Å². The highest BCUT2D eigenvalue weighted by Gasteiger charge is 2.19. The molecular formula is C18H21N3O3. The number of para-hydroxylation sites is 1. The van der Waals surface area contributed by atoms with E-state index in [0.29, 0.717) is 5.69 Å². The highest BCUT2D eigenvalue weighted by molar-refractivity contribution is 5.97. The predicted octanol–water partition coefficient (Wildman–Crippen LogP) is 2.76. The van der Waals surface area contributed by atoms with Gasteiger partial charge in [-0.05, 0) is 29.2 Å². The summed E-state index contributed by atoms with van der Waals surface area (Å²) in [6, 6.07) is 10.6. The minimum Gasteiger partial charge on any atom is -0.452 e. The third-order valence-corrected chi connectivity index (χ3v) is 3.40. The summed E-state index contributed by atoms with van der Waals surface area (Å²) in [5.74, 6) is -1.02. The fourth-order valence-electron chi connectivity index (χ4n) is 2.23. The summed E-state index contributed by atoms with van der Waals surface area (Å²) in [6.45, 7) is 5.78. The molecule has 126 valence electrons. The standard InChI is InChI=1S/C18H21N3O3/c1-18(2,3)13-8-4-5-9-14(13)21-15(22)11-24-17(23)12-7-6-10-20-16(12)19/h4-10H,11H2,1-3H3,(H2,19,20)(H,21,22). The molecule has 0 atom stereocenters. The first-order valence-electron chi connectivity index (χ1n) is 7.56. The van der Waals surface area contributed by atoms with Gasteiger partial charge >= 0.3 is 5.97 Å². The Hall–Kier alpha value is -2.89. The molecule has 1 heterocycles. The number of esters is 1. The number of aromatic nitrogens is 1. The summed E-state index contributed by atoms with van der Waals surface area (Å²) in [4.78, 5) is 27.8. The summed E-state index contributed by atoms with van der Waals surface area (Å²) in [5.41, 5.74) is 7.33. The van der Waals surface area contributed by atoms with E-state index in [4.69, 9.17) is 10.5 Å². The highest BCUT2D eigenvalue weighted by Crippen LogP contribution is 2.29. The van der Waals surface area contributed by atoms with E-state index < -0.39 is 18.5 Å². The number of nitrogens with one attached hydrogen (secondary N) is 1. The molecule has 1 amide bonds. The van der Waals surface area contributed by atoms with Crippen molar-refractivity contribution in [2.75, 3.05) is 17.7 Å². The lowest BCUT2D eigenvalue weighted by atomic mass is 9.86. The normalized spacial score (nSPS) is 11.0. The summed E-state index contributed by atoms with van der Waals surface area (Å²) >= 11 is 0. The van der Waals surface area contributed by atoms with E-state index in [0.717, 1.165) is 5.56 Å². The van der Waals surface area contributed by atoms with Crippen LogP contribution in [0.2, 0.25) is 0 Å². The van der Waals surface area contributed by atoms with E-state index in [9.17, 15) is 9.59 Å². The fraction of sp³-hybridized carbons (Fsp3) is 0.278. The number of amides is 1. The van der Waals surface area contributed by atoms with Crippen molar-refractivity contribution >= 4 is 23.4 Å². The zero-order valence-corrected chi connectivity index (χ0v) is 14.0. The quantitative estimate of drug-likeness (QED) is 0.842. The number of benzene rings is 1. The molecule has 0 aliphatic carbocycles. The summed E-state index contributed by atoms with van der Waals surface area (Å²) in [6.07, 6.45) is 1.47. The molecule has 24 heavy (non-hydrogen) atoms. The van der Waals surface area contributed by atoms with Crippen molar-refractivity contribution in [3.63, 3.8) is 0 Å². The van der Waals surface area contributed by atoms with Crippen molar-refractivity contribution in [1.82, 2.24) is 4.98 Å². The van der Waals surface area contributed by atoms with Gasteiger partial charge in [-0.15, -0.1) is 0 Å². The second kappa shape index (κ2) is 7.12. The molecular weight excluding hydrogens is 306 g/mol. The maximum Gasteiger partial charge on any atom is 0.342 e. The number of carbonyl (C=O) groups is 2. The fourth-order valence-corrected chi connectivity index (χ4v) is 2.23. The first-order valence-corrected chi connectivity index (χ1v) is 7.56. The lowest BCUT2D eigenvalue weighted by Gasteiger charge is -2.22. The van der Waals surface area contributed by atoms with E-state index in [2.05, 4.69) is 31.1 Å². The van der Waals surface area contributed by atoms with Crippen LogP contribution in [0.5, 0.6) is 0 Å². The van der Waals surface area contributed by atoms with Crippen LogP contribution in [0.1, 0.15) is 36.7 Å². The van der Waals surface area contributed by atoms with Crippen molar-refractivity contribution in [3.8, 4) is 0 Å². The lowest BCUT2D eigenvalue weighted by Crippen LogP contribution is -2.23. The van der Waals surface area contributed by atoms with Crippen LogP contribution in [0.3, 0.4) is 0 Å². The van der Waals surface area contributed by atoms with Gasteiger partial charge in [0.2, 0.25) is 0 Å². The van der Waals surface area contributed by atoms with Crippen LogP contribution in [0.4, 0.5) is 11.5 Å². The van der Waals surface area contributed by atoms with Gasteiger partial charge in [0.15, 0.2) is 6.61 Å². The first-order chi connectivity index (χ1) is 11.3. The second-order valence-electron chi connectivity index (χ2n) is 6.36. The molecule has 0 fully saturated rings. The monoisotopic (exact) mass is 327 g/mol. The number of ether oxygens (including phenoxy) is 1. The van der Waals surface area contributed by atoms with E-state index in [1.54, 1.807) is 6.07 Å². The van der Waals surface area contributed by atoms with E-state index in [1.165, 1.54) is 12.3 Å². The third kappa shape index (κ3) is 4.32. The van der Waals surface area contributed by atoms with Crippen LogP contribution in [-0.4, -0.2) is 23.5 Å². The van der Waals surface area contributed by atoms with Crippen LogP contribution >= 0.6 is 0 Å². The SMILES string of the molecule is CC(C)(C)c1ccccc1NC(=O)COC(=O)c1cccnc1N. The minimum atomic E-state index is -0.681. The molecule has 0 unspecified atom stereocenters. The average Bonchev–Trinajstić information content (AvgIpc) is 2.52. The van der Waals surface area contributed by atoms with Gasteiger partial charge in [-0.3, -0.25) is 4.79 Å². The summed E-state index contributed by atoms with van der Waals surface area (Å²) < 4.78 is 5.00. The minimum absolute atomic E-state index is 0.0704. The Morgan fingerprint density at radius 2 is 1.88 bits per heavy atom. The Kier molecular flexibility index (Phi) is 5.18. The first kappa shape index (κ1) is 17.5. The number of nitrogens with two attached hydrogens (primary N) is 1. The number of rotatable bonds is 4. The number of nitrogens with zero attached hydrogens (tertiary/aromatic N) is 1. The number of pyridine rings is 1. The zero-order chi connectivity index (χ0) is 17.7. The maximum atomic E-state index is 12.1. The van der Waals surface area contributed by atoms with Crippen LogP contribution in [0.25, 0.3) is 0 Å². The smallest absolute Gasteiger partial charge is 0.342 e. The largest absolute Gasteiger partial charge is 0.452 e. The van der Waals surface area contributed by atoms with Gasteiger partial charge in [0.05, 0.1) is 0 Å². The molecule has 6 heteroatoms. The molecule has 3 N–H and O–H groups in total. The van der Waals surface area contributed by atoms with Gasteiger partial charge in [-0.25, -0.2) is 9.78 Å². The van der Waals surface area contributed by atoms with Crippen LogP contribution in [0.15, 0.2) is 42.6 Å². The zero-order valence-electron chi connectivity index (χ0n) is 14.0. The van der Waals surface area contributed by atoms with E-state index in [-0.39, 0.29) is 16.8 Å². The Morgan fingerprint density at radius 1 is 1.17 bits per heavy atom. The molecule has 0 radical (unpaired) electrons. The highest BCUT2D eigenvalue weighted by atomic mass is 16.5. The molecule has 0 spiro atoms. The molecule has 1 aromatic carbocycles. The number of hydrogen-bond donors (Lipinski definition) is 2. The number of carbonyl (C=O) groups excluding carboxylic acids is 2. The molecule has 2 aromatic rings. The molecule has 6 nitrogen and oxygen atoms in total. The molecule has 0 saturated carbocycles. The lowest BCUT2D eigenvalue weighted by molar-refractivity contribution is -0.119. The van der Waals surface area contributed by atoms with Gasteiger partial charge in [-0.1, -0.05) is 39.0 Å². The van der Waals surface area contributed by atoms with Gasteiger partial charge in [0, 0.05) is 11.9 Å². The van der Waals surface area contributed by atoms with Crippen molar-refractivity contribution in [2.24, 2.45) is 0 Å². The van der Waals surface area contributed by atoms with Crippen molar-refractivity contribution in [1.29, 1.82) is 0 Å². The van der Waals surface area contributed by atoms with Gasteiger partial charge in [0.25, 0.3) is 5.91 Å². The molecule has 0 aliphatic rings. The van der Waals surface area contributed by atoms with Gasteiger partial charge in [0.1, 0.15) is 11.4 Å². The number of hydrogen-bond acceptors (Lipinski definition) is 5. The molecule has 0 aliphatic heterocycles. The third-order valence-electron chi connectivity index (χ3n) is 3.40. The van der Waals surface area contributed by atoms with E-state index >= 15 is 0 Å². The molecule has 0 bridgehead atoms. The summed E-state index contributed by atoms with van der Waals surface area (Å²) in [7, 11) is 0. The molecule has 1 aromatic heterocycles. The van der Waals surface area contributed by atoms with Gasteiger partial charge < -0.3 is 15.8 Å². The molecule has 2 rings (SSSR count). The van der Waals surface area contributed by atoms with Crippen LogP contribution in [-0.2, 0) is 14.9 Å². The average molecular weight is 327 g/mol. The molecule has 0 saturated heterocycles. The summed E-state index contributed by atoms with van der Waals surface area (Å²) in [5, 5.41) is 2.78. The Bertz CT molecular complexity index is 751.